The molecule has 8 nitrogen and oxygen atoms in total. The van der Waals surface area contributed by atoms with Gasteiger partial charge in [-0.25, -0.2) is 4.57 Å². The fraction of sp³-hybridized carbons (Fsp3) is 0.848. The average Bonchev–Trinajstić information content (AvgIpc) is 3.13. The van der Waals surface area contributed by atoms with Crippen LogP contribution in [0, 0.1) is 0 Å². The standard InChI is InChI=1S/C46H89N2O6P/c1-6-8-10-12-14-16-18-19-20-21-22-23-24-25-26-27-28-29-30-32-34-36-38-40-46(50)47-44(43-54-55(51,52)53-42-41-48(3,4)5)45(49)39-37-35-33-31-17-15-13-11-9-7-2/h19-20,33,35,37,39,44-45,49H,6-18,21-32,34,36,38,40-43H2,1-5H3,(H-,47,50,51,52)/p+1/b20-19+,35-33+,39-37+/t44-,45+/m0/s1. The summed E-state index contributed by atoms with van der Waals surface area (Å²) in [5.74, 6) is -0.196. The Morgan fingerprint density at radius 3 is 1.49 bits per heavy atom. The van der Waals surface area contributed by atoms with E-state index in [1.807, 2.05) is 27.2 Å². The van der Waals surface area contributed by atoms with Gasteiger partial charge in [-0.2, -0.15) is 0 Å². The van der Waals surface area contributed by atoms with Gasteiger partial charge in [0.15, 0.2) is 0 Å². The molecule has 55 heavy (non-hydrogen) atoms. The summed E-state index contributed by atoms with van der Waals surface area (Å²) in [5, 5.41) is 13.7. The van der Waals surface area contributed by atoms with Gasteiger partial charge in [0.2, 0.25) is 5.91 Å². The second-order valence-electron chi connectivity index (χ2n) is 16.8. The number of nitrogens with zero attached hydrogens (tertiary/aromatic N) is 1. The number of amides is 1. The molecule has 0 aliphatic heterocycles. The molecule has 0 saturated carbocycles. The van der Waals surface area contributed by atoms with Gasteiger partial charge in [0.25, 0.3) is 0 Å². The Hall–Kier alpha value is -1.28. The summed E-state index contributed by atoms with van der Waals surface area (Å²) in [6, 6.07) is -0.875. The van der Waals surface area contributed by atoms with Gasteiger partial charge in [-0.1, -0.05) is 185 Å². The minimum Gasteiger partial charge on any atom is -0.387 e. The number of carbonyl (C=O) groups excluding carboxylic acids is 1. The first-order valence-electron chi connectivity index (χ1n) is 22.9. The summed E-state index contributed by atoms with van der Waals surface area (Å²) in [4.78, 5) is 23.1. The van der Waals surface area contributed by atoms with Crippen LogP contribution in [-0.2, 0) is 18.4 Å². The molecule has 3 atom stereocenters. The molecule has 0 aliphatic carbocycles. The van der Waals surface area contributed by atoms with E-state index in [9.17, 15) is 19.4 Å². The van der Waals surface area contributed by atoms with Crippen molar-refractivity contribution in [2.45, 2.75) is 212 Å². The van der Waals surface area contributed by atoms with Gasteiger partial charge in [-0.3, -0.25) is 13.8 Å². The molecule has 1 amide bonds. The SMILES string of the molecule is CCCCCCCC/C=C/C=C/[C@@H](O)[C@H](COP(=O)(O)OCC[N+](C)(C)C)NC(=O)CCCCCCCCCCCCCCC/C=C/CCCCCCCC. The lowest BCUT2D eigenvalue weighted by Gasteiger charge is -2.25. The number of quaternary nitrogens is 1. The van der Waals surface area contributed by atoms with Crippen molar-refractivity contribution in [1.82, 2.24) is 5.32 Å². The van der Waals surface area contributed by atoms with Crippen LogP contribution in [0.25, 0.3) is 0 Å². The van der Waals surface area contributed by atoms with Gasteiger partial charge >= 0.3 is 7.82 Å². The average molecular weight is 798 g/mol. The van der Waals surface area contributed by atoms with Crippen LogP contribution in [0.2, 0.25) is 0 Å². The summed E-state index contributed by atoms with van der Waals surface area (Å²) in [6.45, 7) is 4.74. The number of aliphatic hydroxyl groups is 1. The predicted octanol–water partition coefficient (Wildman–Crippen LogP) is 12.7. The molecule has 3 N–H and O–H groups in total. The van der Waals surface area contributed by atoms with Crippen molar-refractivity contribution in [1.29, 1.82) is 0 Å². The Labute approximate surface area is 340 Å². The first-order chi connectivity index (χ1) is 26.5. The van der Waals surface area contributed by atoms with Crippen LogP contribution >= 0.6 is 7.82 Å². The fourth-order valence-electron chi connectivity index (χ4n) is 6.45. The summed E-state index contributed by atoms with van der Waals surface area (Å²) < 4.78 is 23.5. The fourth-order valence-corrected chi connectivity index (χ4v) is 7.18. The quantitative estimate of drug-likeness (QED) is 0.0187. The van der Waals surface area contributed by atoms with Gasteiger partial charge in [-0.15, -0.1) is 0 Å². The molecule has 1 unspecified atom stereocenters. The molecule has 324 valence electrons. The third kappa shape index (κ3) is 40.7. The van der Waals surface area contributed by atoms with E-state index in [1.165, 1.54) is 148 Å². The number of unbranched alkanes of at least 4 members (excludes halogenated alkanes) is 25. The number of rotatable bonds is 41. The van der Waals surface area contributed by atoms with Gasteiger partial charge in [-0.05, 0) is 44.9 Å². The van der Waals surface area contributed by atoms with Crippen LogP contribution in [0.3, 0.4) is 0 Å². The Kier molecular flexibility index (Phi) is 37.4. The van der Waals surface area contributed by atoms with Crippen LogP contribution in [0.4, 0.5) is 0 Å². The molecule has 0 heterocycles. The molecular formula is C46H90N2O6P+. The zero-order valence-electron chi connectivity index (χ0n) is 36.7. The summed E-state index contributed by atoms with van der Waals surface area (Å²) in [7, 11) is 1.54. The third-order valence-corrected chi connectivity index (χ3v) is 11.1. The molecule has 0 radical (unpaired) electrons. The van der Waals surface area contributed by atoms with E-state index in [2.05, 4.69) is 37.4 Å². The number of hydrogen-bond donors (Lipinski definition) is 3. The summed E-state index contributed by atoms with van der Waals surface area (Å²) >= 11 is 0. The van der Waals surface area contributed by atoms with Crippen LogP contribution in [0.1, 0.15) is 200 Å². The van der Waals surface area contributed by atoms with E-state index in [1.54, 1.807) is 12.2 Å². The summed E-state index contributed by atoms with van der Waals surface area (Å²) in [5.41, 5.74) is 0. The number of aliphatic hydroxyl groups excluding tert-OH is 1. The molecule has 0 aliphatic rings. The lowest BCUT2D eigenvalue weighted by Crippen LogP contribution is -2.45. The highest BCUT2D eigenvalue weighted by Gasteiger charge is 2.27. The number of phosphoric ester groups is 1. The second-order valence-corrected chi connectivity index (χ2v) is 18.3. The van der Waals surface area contributed by atoms with Crippen molar-refractivity contribution in [3.8, 4) is 0 Å². The molecule has 0 fully saturated rings. The Balaban J connectivity index is 4.24. The van der Waals surface area contributed by atoms with Gasteiger partial charge in [0, 0.05) is 6.42 Å². The van der Waals surface area contributed by atoms with Crippen LogP contribution in [0.15, 0.2) is 36.5 Å². The van der Waals surface area contributed by atoms with E-state index in [0.29, 0.717) is 17.4 Å². The maximum atomic E-state index is 12.8. The van der Waals surface area contributed by atoms with Crippen molar-refractivity contribution < 1.29 is 32.9 Å². The normalized spacial score (nSPS) is 14.7. The Bertz CT molecular complexity index is 995. The zero-order chi connectivity index (χ0) is 40.7. The molecule has 0 aromatic carbocycles. The summed E-state index contributed by atoms with van der Waals surface area (Å²) in [6.07, 6.45) is 46.7. The predicted molar refractivity (Wildman–Crippen MR) is 235 cm³/mol. The first kappa shape index (κ1) is 53.7. The smallest absolute Gasteiger partial charge is 0.387 e. The minimum atomic E-state index is -4.34. The topological polar surface area (TPSA) is 105 Å². The number of carbonyl (C=O) groups is 1. The van der Waals surface area contributed by atoms with E-state index in [4.69, 9.17) is 9.05 Å². The minimum absolute atomic E-state index is 0.0536. The van der Waals surface area contributed by atoms with E-state index in [0.717, 1.165) is 32.1 Å². The number of phosphoric acid groups is 1. The molecule has 9 heteroatoms. The van der Waals surface area contributed by atoms with Gasteiger partial charge < -0.3 is 19.8 Å². The molecule has 0 rings (SSSR count). The van der Waals surface area contributed by atoms with E-state index in [-0.39, 0.29) is 19.1 Å². The van der Waals surface area contributed by atoms with Gasteiger partial charge in [0.1, 0.15) is 13.2 Å². The third-order valence-electron chi connectivity index (χ3n) is 10.1. The number of likely N-dealkylation sites (N-methyl/N-ethyl adjacent to an activating group) is 1. The van der Waals surface area contributed by atoms with Crippen molar-refractivity contribution in [2.24, 2.45) is 0 Å². The Morgan fingerprint density at radius 1 is 0.618 bits per heavy atom. The highest BCUT2D eigenvalue weighted by atomic mass is 31.2. The second kappa shape index (κ2) is 38.2. The molecule has 0 spiro atoms. The van der Waals surface area contributed by atoms with Crippen LogP contribution in [-0.4, -0.2) is 73.4 Å². The van der Waals surface area contributed by atoms with Gasteiger partial charge in [0.05, 0.1) is 39.9 Å². The van der Waals surface area contributed by atoms with Crippen molar-refractivity contribution >= 4 is 13.7 Å². The number of nitrogens with one attached hydrogen (secondary N) is 1. The maximum Gasteiger partial charge on any atom is 0.472 e. The van der Waals surface area contributed by atoms with E-state index < -0.39 is 20.0 Å². The highest BCUT2D eigenvalue weighted by molar-refractivity contribution is 7.47. The highest BCUT2D eigenvalue weighted by Crippen LogP contribution is 2.43. The molecule has 0 aromatic heterocycles. The van der Waals surface area contributed by atoms with Crippen LogP contribution < -0.4 is 5.32 Å². The van der Waals surface area contributed by atoms with E-state index >= 15 is 0 Å². The zero-order valence-corrected chi connectivity index (χ0v) is 37.6. The van der Waals surface area contributed by atoms with Crippen LogP contribution in [0.5, 0.6) is 0 Å². The molecule has 0 saturated heterocycles. The lowest BCUT2D eigenvalue weighted by molar-refractivity contribution is -0.870. The largest absolute Gasteiger partial charge is 0.472 e. The first-order valence-corrected chi connectivity index (χ1v) is 24.4. The Morgan fingerprint density at radius 2 is 1.04 bits per heavy atom. The molecule has 0 bridgehead atoms. The maximum absolute atomic E-state index is 12.8. The monoisotopic (exact) mass is 798 g/mol. The van der Waals surface area contributed by atoms with Crippen molar-refractivity contribution in [3.63, 3.8) is 0 Å². The molecular weight excluding hydrogens is 707 g/mol. The van der Waals surface area contributed by atoms with Crippen molar-refractivity contribution in [3.05, 3.63) is 36.5 Å². The molecule has 0 aromatic rings. The van der Waals surface area contributed by atoms with Crippen molar-refractivity contribution in [2.75, 3.05) is 40.9 Å². The number of allylic oxidation sites excluding steroid dienone is 5. The lowest BCUT2D eigenvalue weighted by atomic mass is 10.0. The number of hydrogen-bond acceptors (Lipinski definition) is 5.